The second-order valence-electron chi connectivity index (χ2n) is 20.0. The largest absolute Gasteiger partial charge is 0.341 e. The molecule has 2 aliphatic heterocycles. The van der Waals surface area contributed by atoms with Crippen LogP contribution in [0.1, 0.15) is 79.4 Å². The van der Waals surface area contributed by atoms with Gasteiger partial charge in [0.2, 0.25) is 11.9 Å². The van der Waals surface area contributed by atoms with E-state index in [0.29, 0.717) is 63.9 Å². The Morgan fingerprint density at radius 1 is 0.549 bits per heavy atom. The summed E-state index contributed by atoms with van der Waals surface area (Å²) in [6, 6.07) is 25.5. The van der Waals surface area contributed by atoms with E-state index in [0.717, 1.165) is 91.6 Å². The molecule has 0 bridgehead atoms. The zero-order chi connectivity index (χ0) is 57.1. The molecule has 4 fully saturated rings. The summed E-state index contributed by atoms with van der Waals surface area (Å²) >= 11 is 1.71. The first-order valence-electron chi connectivity index (χ1n) is 26.7. The number of carbonyl (C=O) groups excluding carboxylic acids is 4. The van der Waals surface area contributed by atoms with Crippen molar-refractivity contribution in [3.05, 3.63) is 189 Å². The van der Waals surface area contributed by atoms with Crippen molar-refractivity contribution in [2.24, 2.45) is 0 Å². The van der Waals surface area contributed by atoms with Crippen LogP contribution in [0, 0.1) is 23.3 Å². The van der Waals surface area contributed by atoms with Crippen molar-refractivity contribution in [3.63, 3.8) is 0 Å². The monoisotopic (exact) mass is 1150 g/mol. The summed E-state index contributed by atoms with van der Waals surface area (Å²) in [6.45, 7) is 1.51. The predicted octanol–water partition coefficient (Wildman–Crippen LogP) is 10.9. The van der Waals surface area contributed by atoms with E-state index in [1.54, 1.807) is 73.6 Å². The van der Waals surface area contributed by atoms with Gasteiger partial charge < -0.3 is 20.4 Å². The molecule has 2 aliphatic carbocycles. The Bertz CT molecular complexity index is 3510. The first-order valence-corrected chi connectivity index (χ1v) is 28.4. The van der Waals surface area contributed by atoms with Crippen LogP contribution in [-0.2, 0) is 29.2 Å². The highest BCUT2D eigenvalue weighted by molar-refractivity contribution is 8.18. The minimum absolute atomic E-state index is 0.0336. The lowest BCUT2D eigenvalue weighted by molar-refractivity contribution is -0.116. The van der Waals surface area contributed by atoms with Crippen molar-refractivity contribution in [1.82, 2.24) is 51.2 Å². The number of nitrogens with zero attached hydrogens (tertiary/aromatic N) is 8. The molecule has 16 nitrogen and oxygen atoms in total. The van der Waals surface area contributed by atoms with Gasteiger partial charge in [0.15, 0.2) is 0 Å². The third kappa shape index (κ3) is 14.1. The average Bonchev–Trinajstić information content (AvgIpc) is 4.12. The summed E-state index contributed by atoms with van der Waals surface area (Å²) in [5.74, 6) is -2.13. The number of aromatic nitrogens is 6. The molecule has 4 aliphatic rings. The normalized spacial score (nSPS) is 19.9. The van der Waals surface area contributed by atoms with Gasteiger partial charge in [0.05, 0.1) is 32.3 Å². The lowest BCUT2D eigenvalue weighted by Crippen LogP contribution is -2.43. The number of hydrogen-bond acceptors (Lipinski definition) is 16. The van der Waals surface area contributed by atoms with Crippen LogP contribution in [0.4, 0.5) is 39.0 Å². The van der Waals surface area contributed by atoms with Crippen LogP contribution in [0.5, 0.6) is 0 Å². The average molecular weight is 1150 g/mol. The quantitative estimate of drug-likeness (QED) is 0.0525. The molecule has 0 radical (unpaired) electrons. The van der Waals surface area contributed by atoms with E-state index in [-0.39, 0.29) is 35.3 Å². The molecule has 82 heavy (non-hydrogen) atoms. The number of halogens is 4. The SMILES string of the molecule is CN(c1nccc(/C=C2\SC(=O)NC2=O)n1)C1CCC(NCc2cnccc2-c2c(F)cccc2F)CC1.O=C1NC(=O)/C(=C/c2ccnc(N(Cc3ccccc3)C3CCC(NCc4cnccc4-c4c(F)cccc4F)CC3)n2)S1. The third-order valence-corrected chi connectivity index (χ3v) is 16.4. The number of rotatable bonds is 16. The van der Waals surface area contributed by atoms with Gasteiger partial charge in [0, 0.05) is 88.0 Å². The lowest BCUT2D eigenvalue weighted by atomic mass is 9.89. The summed E-state index contributed by atoms with van der Waals surface area (Å²) in [4.78, 5) is 78.5. The molecular formula is C60H56F4N12O4S2. The highest BCUT2D eigenvalue weighted by Gasteiger charge is 2.31. The second-order valence-corrected chi connectivity index (χ2v) is 22.1. The van der Waals surface area contributed by atoms with Gasteiger partial charge in [-0.1, -0.05) is 42.5 Å². The summed E-state index contributed by atoms with van der Waals surface area (Å²) in [5.41, 5.74) is 4.64. The van der Waals surface area contributed by atoms with Gasteiger partial charge in [0.25, 0.3) is 22.3 Å². The van der Waals surface area contributed by atoms with Gasteiger partial charge in [0.1, 0.15) is 23.3 Å². The Hall–Kier alpha value is -8.18. The van der Waals surface area contributed by atoms with Crippen LogP contribution in [-0.4, -0.2) is 83.4 Å². The van der Waals surface area contributed by atoms with Gasteiger partial charge in [-0.05, 0) is 163 Å². The highest BCUT2D eigenvalue weighted by atomic mass is 32.2. The lowest BCUT2D eigenvalue weighted by Gasteiger charge is -2.37. The summed E-state index contributed by atoms with van der Waals surface area (Å²) in [5, 5.41) is 10.8. The Kier molecular flexibility index (Phi) is 18.5. The third-order valence-electron chi connectivity index (χ3n) is 14.8. The van der Waals surface area contributed by atoms with Crippen molar-refractivity contribution in [1.29, 1.82) is 0 Å². The van der Waals surface area contributed by atoms with Crippen LogP contribution in [0.2, 0.25) is 0 Å². The van der Waals surface area contributed by atoms with E-state index in [4.69, 9.17) is 4.98 Å². The predicted molar refractivity (Wildman–Crippen MR) is 308 cm³/mol. The van der Waals surface area contributed by atoms with Crippen molar-refractivity contribution in [2.45, 2.75) is 95.2 Å². The highest BCUT2D eigenvalue weighted by Crippen LogP contribution is 2.34. The number of hydrogen-bond donors (Lipinski definition) is 4. The molecule has 4 amide bonds. The minimum Gasteiger partial charge on any atom is -0.341 e. The molecule has 0 spiro atoms. The molecule has 420 valence electrons. The minimum atomic E-state index is -0.599. The van der Waals surface area contributed by atoms with Crippen molar-refractivity contribution in [3.8, 4) is 22.3 Å². The van der Waals surface area contributed by atoms with Crippen LogP contribution < -0.4 is 31.1 Å². The van der Waals surface area contributed by atoms with Crippen LogP contribution >= 0.6 is 23.5 Å². The number of pyridine rings is 2. The maximum atomic E-state index is 14.6. The number of imide groups is 2. The molecule has 0 atom stereocenters. The number of carbonyl (C=O) groups is 4. The molecule has 22 heteroatoms. The zero-order valence-electron chi connectivity index (χ0n) is 44.4. The van der Waals surface area contributed by atoms with Gasteiger partial charge in [-0.3, -0.25) is 39.8 Å². The molecule has 0 unspecified atom stereocenters. The topological polar surface area (TPSA) is 200 Å². The first-order chi connectivity index (χ1) is 39.8. The fourth-order valence-electron chi connectivity index (χ4n) is 10.5. The van der Waals surface area contributed by atoms with E-state index < -0.39 is 45.6 Å². The van der Waals surface area contributed by atoms with Crippen LogP contribution in [0.25, 0.3) is 34.4 Å². The molecule has 4 N–H and O–H groups in total. The Labute approximate surface area is 479 Å². The summed E-state index contributed by atoms with van der Waals surface area (Å²) < 4.78 is 57.9. The van der Waals surface area contributed by atoms with E-state index in [1.165, 1.54) is 36.4 Å². The first kappa shape index (κ1) is 57.1. The molecule has 2 saturated heterocycles. The van der Waals surface area contributed by atoms with Crippen molar-refractivity contribution in [2.75, 3.05) is 16.8 Å². The van der Waals surface area contributed by atoms with Gasteiger partial charge >= 0.3 is 0 Å². The number of benzene rings is 3. The van der Waals surface area contributed by atoms with Gasteiger partial charge in [-0.15, -0.1) is 0 Å². The molecule has 4 aromatic heterocycles. The maximum Gasteiger partial charge on any atom is 0.290 e. The fraction of sp³-hybridized carbons (Fsp3) is 0.267. The Morgan fingerprint density at radius 3 is 1.46 bits per heavy atom. The zero-order valence-corrected chi connectivity index (χ0v) is 46.0. The molecular weight excluding hydrogens is 1090 g/mol. The van der Waals surface area contributed by atoms with Crippen LogP contribution in [0.3, 0.4) is 0 Å². The van der Waals surface area contributed by atoms with Crippen molar-refractivity contribution >= 4 is 69.9 Å². The number of thioether (sulfide) groups is 2. The smallest absolute Gasteiger partial charge is 0.290 e. The number of amides is 4. The number of nitrogens with one attached hydrogen (secondary N) is 4. The summed E-state index contributed by atoms with van der Waals surface area (Å²) in [7, 11) is 1.95. The van der Waals surface area contributed by atoms with E-state index in [2.05, 4.69) is 63.2 Å². The van der Waals surface area contributed by atoms with Gasteiger partial charge in [-0.2, -0.15) is 0 Å². The Balaban J connectivity index is 0.000000186. The maximum absolute atomic E-state index is 14.6. The standard InChI is InChI=1S/C33H30F2N6O2S.C27H26F2N6O2S/c34-27-7-4-8-28(35)30(27)26-14-15-36-18-22(26)19-38-23-9-11-25(12-10-23)41(20-21-5-2-1-3-6-21)32-37-16-13-24(39-32)17-29-31(42)40-33(43)44-29;1-35(26-31-12-9-18(33-26)13-23-25(36)34-27(37)38-23)19-7-5-17(6-8-19)32-15-16-14-30-11-10-20(16)24-21(28)3-2-4-22(24)29/h1-8,13-18,23,25,38H,9-12,19-20H2,(H,40,42,43);2-4,9-14,17,19,32H,5-8,15H2,1H3,(H,34,36,37)/b29-17-;23-13-. The molecule has 7 aromatic rings. The van der Waals surface area contributed by atoms with Gasteiger partial charge in [-0.25, -0.2) is 37.5 Å². The fourth-order valence-corrected chi connectivity index (χ4v) is 11.8. The summed E-state index contributed by atoms with van der Waals surface area (Å²) in [6.07, 6.45) is 20.1. The molecule has 6 heterocycles. The molecule has 2 saturated carbocycles. The van der Waals surface area contributed by atoms with Crippen molar-refractivity contribution < 1.29 is 36.7 Å². The molecule has 3 aromatic carbocycles. The van der Waals surface area contributed by atoms with E-state index >= 15 is 0 Å². The Morgan fingerprint density at radius 2 is 1.00 bits per heavy atom. The number of anilines is 2. The van der Waals surface area contributed by atoms with E-state index in [1.807, 2.05) is 30.1 Å². The molecule has 11 rings (SSSR count). The van der Waals surface area contributed by atoms with E-state index in [9.17, 15) is 36.7 Å². The second kappa shape index (κ2) is 26.6. The van der Waals surface area contributed by atoms with Crippen LogP contribution in [0.15, 0.2) is 138 Å².